The van der Waals surface area contributed by atoms with Gasteiger partial charge < -0.3 is 14.5 Å². The van der Waals surface area contributed by atoms with Crippen molar-refractivity contribution in [2.75, 3.05) is 51.8 Å². The lowest BCUT2D eigenvalue weighted by Crippen LogP contribution is -2.45. The highest BCUT2D eigenvalue weighted by atomic mass is 19.1. The quantitative estimate of drug-likeness (QED) is 0.465. The molecule has 1 aromatic heterocycles. The van der Waals surface area contributed by atoms with E-state index in [9.17, 15) is 4.39 Å². The molecule has 0 bridgehead atoms. The van der Waals surface area contributed by atoms with Gasteiger partial charge in [0.25, 0.3) is 0 Å². The van der Waals surface area contributed by atoms with Crippen LogP contribution in [0, 0.1) is 12.7 Å². The maximum absolute atomic E-state index is 13.6. The summed E-state index contributed by atoms with van der Waals surface area (Å²) in [7, 11) is 3.87. The molecule has 1 fully saturated rings. The number of aryl methyl sites for hydroxylation is 1. The second-order valence-electron chi connectivity index (χ2n) is 9.13. The smallest absolute Gasteiger partial charge is 0.137 e. The second kappa shape index (κ2) is 11.0. The summed E-state index contributed by atoms with van der Waals surface area (Å²) in [6, 6.07) is 14.9. The third-order valence-corrected chi connectivity index (χ3v) is 6.49. The summed E-state index contributed by atoms with van der Waals surface area (Å²) in [5, 5.41) is 4.94. The molecule has 0 spiro atoms. The van der Waals surface area contributed by atoms with Crippen molar-refractivity contribution >= 4 is 5.82 Å². The van der Waals surface area contributed by atoms with Gasteiger partial charge in [-0.15, -0.1) is 0 Å². The molecule has 2 aromatic carbocycles. The van der Waals surface area contributed by atoms with Crippen molar-refractivity contribution in [1.29, 1.82) is 0 Å². The van der Waals surface area contributed by atoms with E-state index >= 15 is 0 Å². The van der Waals surface area contributed by atoms with Crippen LogP contribution in [0.2, 0.25) is 0 Å². The first-order valence-corrected chi connectivity index (χ1v) is 12.1. The summed E-state index contributed by atoms with van der Waals surface area (Å²) in [4.78, 5) is 7.27. The van der Waals surface area contributed by atoms with Gasteiger partial charge in [-0.2, -0.15) is 5.10 Å². The van der Waals surface area contributed by atoms with Crippen LogP contribution in [0.15, 0.2) is 48.5 Å². The van der Waals surface area contributed by atoms with Gasteiger partial charge in [-0.05, 0) is 68.9 Å². The third-order valence-electron chi connectivity index (χ3n) is 6.49. The molecule has 6 nitrogen and oxygen atoms in total. The summed E-state index contributed by atoms with van der Waals surface area (Å²) >= 11 is 0. The summed E-state index contributed by atoms with van der Waals surface area (Å²) in [5.41, 5.74) is 4.38. The minimum Gasteiger partial charge on any atom is -0.497 e. The topological polar surface area (TPSA) is 36.8 Å². The second-order valence-corrected chi connectivity index (χ2v) is 9.13. The van der Waals surface area contributed by atoms with Crippen LogP contribution in [0.25, 0.3) is 5.69 Å². The van der Waals surface area contributed by atoms with Crippen molar-refractivity contribution in [3.63, 3.8) is 0 Å². The summed E-state index contributed by atoms with van der Waals surface area (Å²) in [6.07, 6.45) is 1.07. The molecular weight excluding hydrogens is 429 g/mol. The Hall–Kier alpha value is -2.90. The molecule has 0 amide bonds. The molecule has 0 unspecified atom stereocenters. The number of piperazine rings is 1. The number of likely N-dealkylation sites (N-methyl/N-ethyl adjacent to an activating group) is 1. The van der Waals surface area contributed by atoms with E-state index in [1.54, 1.807) is 7.11 Å². The molecule has 1 aliphatic rings. The molecular formula is C27H36FN5O. The predicted octanol–water partition coefficient (Wildman–Crippen LogP) is 4.49. The molecule has 0 saturated carbocycles. The fourth-order valence-electron chi connectivity index (χ4n) is 4.62. The molecule has 4 rings (SSSR count). The van der Waals surface area contributed by atoms with Gasteiger partial charge in [-0.3, -0.25) is 4.90 Å². The molecule has 34 heavy (non-hydrogen) atoms. The van der Waals surface area contributed by atoms with E-state index in [-0.39, 0.29) is 5.82 Å². The molecule has 182 valence electrons. The SMILES string of the molecule is CCCN(Cc1cccc(OC)c1)Cc1c(C)nn(-c2ccc(F)cc2)c1N1CCN(C)CC1. The lowest BCUT2D eigenvalue weighted by Gasteiger charge is -2.35. The molecule has 2 heterocycles. The Morgan fingerprint density at radius 1 is 1.03 bits per heavy atom. The van der Waals surface area contributed by atoms with Gasteiger partial charge in [-0.25, -0.2) is 9.07 Å². The molecule has 7 heteroatoms. The van der Waals surface area contributed by atoms with Crippen molar-refractivity contribution < 1.29 is 9.13 Å². The monoisotopic (exact) mass is 465 g/mol. The van der Waals surface area contributed by atoms with Gasteiger partial charge in [0.2, 0.25) is 0 Å². The van der Waals surface area contributed by atoms with Crippen LogP contribution in [0.3, 0.4) is 0 Å². The average molecular weight is 466 g/mol. The Bertz CT molecular complexity index is 1070. The number of rotatable bonds is 9. The zero-order chi connectivity index (χ0) is 24.1. The zero-order valence-electron chi connectivity index (χ0n) is 20.8. The normalized spacial score (nSPS) is 14.7. The van der Waals surface area contributed by atoms with Crippen LogP contribution in [-0.2, 0) is 13.1 Å². The molecule has 1 aliphatic heterocycles. The Kier molecular flexibility index (Phi) is 7.85. The highest BCUT2D eigenvalue weighted by molar-refractivity contribution is 5.56. The maximum Gasteiger partial charge on any atom is 0.137 e. The fraction of sp³-hybridized carbons (Fsp3) is 0.444. The summed E-state index contributed by atoms with van der Waals surface area (Å²) in [5.74, 6) is 1.78. The maximum atomic E-state index is 13.6. The number of hydrogen-bond donors (Lipinski definition) is 0. The van der Waals surface area contributed by atoms with Gasteiger partial charge in [0.15, 0.2) is 0 Å². The van der Waals surface area contributed by atoms with Crippen LogP contribution in [0.1, 0.15) is 30.2 Å². The molecule has 0 atom stereocenters. The Morgan fingerprint density at radius 3 is 2.44 bits per heavy atom. The minimum absolute atomic E-state index is 0.235. The molecule has 1 saturated heterocycles. The average Bonchev–Trinajstić information content (AvgIpc) is 3.16. The first-order valence-electron chi connectivity index (χ1n) is 12.1. The van der Waals surface area contributed by atoms with E-state index in [0.717, 1.165) is 75.2 Å². The van der Waals surface area contributed by atoms with Crippen molar-refractivity contribution in [3.8, 4) is 11.4 Å². The largest absolute Gasteiger partial charge is 0.497 e. The highest BCUT2D eigenvalue weighted by Gasteiger charge is 2.26. The zero-order valence-corrected chi connectivity index (χ0v) is 20.8. The molecule has 0 N–H and O–H groups in total. The number of methoxy groups -OCH3 is 1. The van der Waals surface area contributed by atoms with E-state index in [2.05, 4.69) is 47.7 Å². The van der Waals surface area contributed by atoms with E-state index in [0.29, 0.717) is 0 Å². The number of ether oxygens (including phenoxy) is 1. The number of hydrogen-bond acceptors (Lipinski definition) is 5. The third kappa shape index (κ3) is 5.59. The lowest BCUT2D eigenvalue weighted by molar-refractivity contribution is 0.256. The van der Waals surface area contributed by atoms with Crippen molar-refractivity contribution in [2.45, 2.75) is 33.4 Å². The Morgan fingerprint density at radius 2 is 1.76 bits per heavy atom. The number of nitrogens with zero attached hydrogens (tertiary/aromatic N) is 5. The summed E-state index contributed by atoms with van der Waals surface area (Å²) in [6.45, 7) is 10.8. The Labute approximate surface area is 202 Å². The van der Waals surface area contributed by atoms with Gasteiger partial charge >= 0.3 is 0 Å². The highest BCUT2D eigenvalue weighted by Crippen LogP contribution is 2.30. The molecule has 0 radical (unpaired) electrons. The van der Waals surface area contributed by atoms with Crippen LogP contribution >= 0.6 is 0 Å². The predicted molar refractivity (Wildman–Crippen MR) is 135 cm³/mol. The van der Waals surface area contributed by atoms with E-state index in [1.165, 1.54) is 23.3 Å². The van der Waals surface area contributed by atoms with Crippen molar-refractivity contribution in [2.24, 2.45) is 0 Å². The minimum atomic E-state index is -0.235. The van der Waals surface area contributed by atoms with Gasteiger partial charge in [-0.1, -0.05) is 19.1 Å². The van der Waals surface area contributed by atoms with Crippen molar-refractivity contribution in [3.05, 3.63) is 71.2 Å². The van der Waals surface area contributed by atoms with Crippen LogP contribution in [0.5, 0.6) is 5.75 Å². The first-order chi connectivity index (χ1) is 16.5. The first kappa shape index (κ1) is 24.2. The standard InChI is InChI=1S/C27H36FN5O/c1-5-13-31(19-22-7-6-8-25(18-22)34-4)20-26-21(2)29-33(24-11-9-23(28)10-12-24)27(26)32-16-14-30(3)15-17-32/h6-12,18H,5,13-17,19-20H2,1-4H3. The van der Waals surface area contributed by atoms with E-state index in [1.807, 2.05) is 28.9 Å². The molecule has 3 aromatic rings. The lowest BCUT2D eigenvalue weighted by atomic mass is 10.1. The van der Waals surface area contributed by atoms with Gasteiger partial charge in [0.1, 0.15) is 17.4 Å². The number of halogens is 1. The Balaban J connectivity index is 1.69. The van der Waals surface area contributed by atoms with E-state index in [4.69, 9.17) is 9.84 Å². The van der Waals surface area contributed by atoms with Crippen LogP contribution in [-0.4, -0.2) is 66.5 Å². The van der Waals surface area contributed by atoms with Crippen molar-refractivity contribution in [1.82, 2.24) is 19.6 Å². The van der Waals surface area contributed by atoms with Crippen LogP contribution < -0.4 is 9.64 Å². The fourth-order valence-corrected chi connectivity index (χ4v) is 4.62. The number of aromatic nitrogens is 2. The van der Waals surface area contributed by atoms with Crippen LogP contribution in [0.4, 0.5) is 10.2 Å². The van der Waals surface area contributed by atoms with E-state index < -0.39 is 0 Å². The van der Waals surface area contributed by atoms with Gasteiger partial charge in [0, 0.05) is 44.8 Å². The molecule has 0 aliphatic carbocycles. The summed E-state index contributed by atoms with van der Waals surface area (Å²) < 4.78 is 21.1. The number of benzene rings is 2. The number of anilines is 1. The van der Waals surface area contributed by atoms with Gasteiger partial charge in [0.05, 0.1) is 18.5 Å².